The summed E-state index contributed by atoms with van der Waals surface area (Å²) in [4.78, 5) is 0.0859. The number of nitrogens with one attached hydrogen (secondary N) is 1. The highest BCUT2D eigenvalue weighted by Crippen LogP contribution is 2.21. The maximum atomic E-state index is 12.4. The molecule has 0 saturated heterocycles. The molecule has 0 aromatic heterocycles. The smallest absolute Gasteiger partial charge is 0.261 e. The van der Waals surface area contributed by atoms with Crippen LogP contribution in [0.2, 0.25) is 0 Å². The normalized spacial score (nSPS) is 12.2. The molecule has 0 radical (unpaired) electrons. The van der Waals surface area contributed by atoms with Gasteiger partial charge in [0.2, 0.25) is 10.0 Å². The van der Waals surface area contributed by atoms with E-state index in [1.54, 1.807) is 13.8 Å². The van der Waals surface area contributed by atoms with Gasteiger partial charge in [-0.3, -0.25) is 4.72 Å². The molecule has 0 aliphatic rings. The Balaban J connectivity index is 2.24. The average Bonchev–Trinajstić information content (AvgIpc) is 2.61. The summed E-state index contributed by atoms with van der Waals surface area (Å²) in [5.41, 5.74) is 0.591. The van der Waals surface area contributed by atoms with Gasteiger partial charge in [-0.2, -0.15) is 9.57 Å². The van der Waals surface area contributed by atoms with Gasteiger partial charge in [0.15, 0.2) is 0 Å². The molecule has 0 aliphatic heterocycles. The predicted molar refractivity (Wildman–Crippen MR) is 98.5 cm³/mol. The highest BCUT2D eigenvalue weighted by Gasteiger charge is 2.23. The number of anilines is 1. The van der Waals surface area contributed by atoms with Crippen LogP contribution in [-0.4, -0.2) is 34.2 Å². The number of nitrogens with zero attached hydrogens (tertiary/aromatic N) is 2. The highest BCUT2D eigenvalue weighted by atomic mass is 32.2. The lowest BCUT2D eigenvalue weighted by Gasteiger charge is -2.21. The monoisotopic (exact) mass is 393 g/mol. The number of nitriles is 1. The minimum absolute atomic E-state index is 0.00717. The Bertz CT molecular complexity index is 1020. The standard InChI is InChI=1S/C17H19N3O4S2/c1-13(2)20(3)26(23,24)17-10-6-15(7-11-17)19-25(21,22)16-8-4-14(12-18)5-9-16/h4-11,13,19H,1-3H3. The van der Waals surface area contributed by atoms with Crippen molar-refractivity contribution in [2.45, 2.75) is 29.7 Å². The van der Waals surface area contributed by atoms with Crippen LogP contribution in [0.25, 0.3) is 0 Å². The van der Waals surface area contributed by atoms with Crippen molar-refractivity contribution in [3.05, 3.63) is 54.1 Å². The van der Waals surface area contributed by atoms with E-state index in [1.165, 1.54) is 59.9 Å². The SMILES string of the molecule is CC(C)N(C)S(=O)(=O)c1ccc(NS(=O)(=O)c2ccc(C#N)cc2)cc1. The zero-order valence-electron chi connectivity index (χ0n) is 14.5. The maximum absolute atomic E-state index is 12.4. The van der Waals surface area contributed by atoms with Gasteiger partial charge in [0.1, 0.15) is 0 Å². The Morgan fingerprint density at radius 1 is 0.923 bits per heavy atom. The fraction of sp³-hybridized carbons (Fsp3) is 0.235. The lowest BCUT2D eigenvalue weighted by Crippen LogP contribution is -2.33. The van der Waals surface area contributed by atoms with Gasteiger partial charge in [-0.05, 0) is 62.4 Å². The molecule has 0 heterocycles. The van der Waals surface area contributed by atoms with Crippen molar-refractivity contribution >= 4 is 25.7 Å². The van der Waals surface area contributed by atoms with Gasteiger partial charge in [0, 0.05) is 18.8 Å². The predicted octanol–water partition coefficient (Wildman–Crippen LogP) is 2.39. The lowest BCUT2D eigenvalue weighted by atomic mass is 10.2. The van der Waals surface area contributed by atoms with Crippen LogP contribution < -0.4 is 4.72 Å². The molecule has 7 nitrogen and oxygen atoms in total. The van der Waals surface area contributed by atoms with Gasteiger partial charge in [-0.1, -0.05) is 0 Å². The van der Waals surface area contributed by atoms with Crippen LogP contribution in [0.15, 0.2) is 58.3 Å². The number of hydrogen-bond donors (Lipinski definition) is 1. The first-order chi connectivity index (χ1) is 12.1. The lowest BCUT2D eigenvalue weighted by molar-refractivity contribution is 0.410. The van der Waals surface area contributed by atoms with Crippen molar-refractivity contribution in [3.8, 4) is 6.07 Å². The zero-order valence-corrected chi connectivity index (χ0v) is 16.2. The summed E-state index contributed by atoms with van der Waals surface area (Å²) in [5.74, 6) is 0. The first-order valence-electron chi connectivity index (χ1n) is 7.69. The van der Waals surface area contributed by atoms with Crippen molar-refractivity contribution in [1.82, 2.24) is 4.31 Å². The topological polar surface area (TPSA) is 107 Å². The second-order valence-electron chi connectivity index (χ2n) is 5.88. The van der Waals surface area contributed by atoms with E-state index in [0.717, 1.165) is 0 Å². The van der Waals surface area contributed by atoms with Crippen LogP contribution >= 0.6 is 0 Å². The summed E-state index contributed by atoms with van der Waals surface area (Å²) in [6.45, 7) is 3.52. The molecule has 0 unspecified atom stereocenters. The molecular weight excluding hydrogens is 374 g/mol. The third-order valence-corrected chi connectivity index (χ3v) is 7.25. The second-order valence-corrected chi connectivity index (χ2v) is 9.56. The summed E-state index contributed by atoms with van der Waals surface area (Å²) in [7, 11) is -5.98. The van der Waals surface area contributed by atoms with Crippen molar-refractivity contribution in [2.75, 3.05) is 11.8 Å². The Hall–Kier alpha value is -2.41. The third-order valence-electron chi connectivity index (χ3n) is 3.80. The van der Waals surface area contributed by atoms with Crippen LogP contribution in [0.4, 0.5) is 5.69 Å². The zero-order chi connectivity index (χ0) is 19.5. The van der Waals surface area contributed by atoms with Crippen LogP contribution in [0.5, 0.6) is 0 Å². The number of benzene rings is 2. The Kier molecular flexibility index (Phi) is 5.71. The fourth-order valence-corrected chi connectivity index (χ4v) is 4.49. The molecular formula is C17H19N3O4S2. The minimum atomic E-state index is -3.84. The first-order valence-corrected chi connectivity index (χ1v) is 10.6. The van der Waals surface area contributed by atoms with E-state index >= 15 is 0 Å². The molecule has 0 aliphatic carbocycles. The first kappa shape index (κ1) is 19.9. The summed E-state index contributed by atoms with van der Waals surface area (Å²) >= 11 is 0. The van der Waals surface area contributed by atoms with E-state index in [-0.39, 0.29) is 21.5 Å². The van der Waals surface area contributed by atoms with E-state index in [9.17, 15) is 16.8 Å². The Morgan fingerprint density at radius 2 is 1.42 bits per heavy atom. The summed E-state index contributed by atoms with van der Waals surface area (Å²) in [6.07, 6.45) is 0. The highest BCUT2D eigenvalue weighted by molar-refractivity contribution is 7.92. The van der Waals surface area contributed by atoms with Gasteiger partial charge in [0.25, 0.3) is 10.0 Å². The average molecular weight is 393 g/mol. The van der Waals surface area contributed by atoms with Gasteiger partial charge >= 0.3 is 0 Å². The number of rotatable bonds is 6. The second kappa shape index (κ2) is 7.45. The van der Waals surface area contributed by atoms with Crippen LogP contribution in [0.3, 0.4) is 0 Å². The summed E-state index contributed by atoms with van der Waals surface area (Å²) in [5, 5.41) is 8.76. The number of sulfonamides is 2. The van der Waals surface area contributed by atoms with E-state index in [4.69, 9.17) is 5.26 Å². The number of hydrogen-bond acceptors (Lipinski definition) is 5. The summed E-state index contributed by atoms with van der Waals surface area (Å²) < 4.78 is 53.2. The van der Waals surface area contributed by atoms with Crippen molar-refractivity contribution in [1.29, 1.82) is 5.26 Å². The van der Waals surface area contributed by atoms with Gasteiger partial charge < -0.3 is 0 Å². The van der Waals surface area contributed by atoms with Crippen LogP contribution in [-0.2, 0) is 20.0 Å². The quantitative estimate of drug-likeness (QED) is 0.811. The van der Waals surface area contributed by atoms with E-state index in [0.29, 0.717) is 5.56 Å². The van der Waals surface area contributed by atoms with E-state index < -0.39 is 20.0 Å². The van der Waals surface area contributed by atoms with Crippen molar-refractivity contribution in [3.63, 3.8) is 0 Å². The Morgan fingerprint density at radius 3 is 1.88 bits per heavy atom. The molecule has 26 heavy (non-hydrogen) atoms. The van der Waals surface area contributed by atoms with Gasteiger partial charge in [-0.25, -0.2) is 16.8 Å². The fourth-order valence-electron chi connectivity index (χ4n) is 2.06. The molecule has 9 heteroatoms. The molecule has 0 bridgehead atoms. The Labute approximate surface area is 154 Å². The largest absolute Gasteiger partial charge is 0.280 e. The molecule has 0 fully saturated rings. The molecule has 0 atom stereocenters. The molecule has 1 N–H and O–H groups in total. The van der Waals surface area contributed by atoms with Crippen molar-refractivity contribution in [2.24, 2.45) is 0 Å². The molecule has 0 amide bonds. The molecule has 0 saturated carbocycles. The van der Waals surface area contributed by atoms with Gasteiger partial charge in [-0.15, -0.1) is 0 Å². The third kappa shape index (κ3) is 4.22. The van der Waals surface area contributed by atoms with Crippen molar-refractivity contribution < 1.29 is 16.8 Å². The van der Waals surface area contributed by atoms with E-state index in [1.807, 2.05) is 6.07 Å². The molecule has 2 aromatic rings. The minimum Gasteiger partial charge on any atom is -0.280 e. The molecule has 2 rings (SSSR count). The summed E-state index contributed by atoms with van der Waals surface area (Å²) in [6, 6.07) is 12.7. The van der Waals surface area contributed by atoms with Gasteiger partial charge in [0.05, 0.1) is 21.4 Å². The van der Waals surface area contributed by atoms with E-state index in [2.05, 4.69) is 4.72 Å². The van der Waals surface area contributed by atoms with Crippen LogP contribution in [0, 0.1) is 11.3 Å². The molecule has 0 spiro atoms. The molecule has 138 valence electrons. The maximum Gasteiger partial charge on any atom is 0.261 e. The molecule has 2 aromatic carbocycles. The van der Waals surface area contributed by atoms with Crippen LogP contribution in [0.1, 0.15) is 19.4 Å².